The predicted octanol–water partition coefficient (Wildman–Crippen LogP) is 4.17. The minimum atomic E-state index is 0.633. The molecule has 0 N–H and O–H groups in total. The molecule has 2 aromatic heterocycles. The van der Waals surface area contributed by atoms with E-state index in [1.807, 2.05) is 22.7 Å². The lowest BCUT2D eigenvalue weighted by Gasteiger charge is -2.31. The van der Waals surface area contributed by atoms with Gasteiger partial charge in [0.1, 0.15) is 0 Å². The molecule has 112 valence electrons. The van der Waals surface area contributed by atoms with E-state index >= 15 is 0 Å². The van der Waals surface area contributed by atoms with Gasteiger partial charge >= 0.3 is 0 Å². The third kappa shape index (κ3) is 3.20. The topological polar surface area (TPSA) is 29.0 Å². The number of nitrogens with zero attached hydrogens (tertiary/aromatic N) is 3. The molecule has 0 radical (unpaired) electrons. The highest BCUT2D eigenvalue weighted by atomic mass is 32.1. The maximum Gasteiger partial charge on any atom is 0.0971 e. The van der Waals surface area contributed by atoms with Crippen LogP contribution in [-0.4, -0.2) is 28.0 Å². The minimum Gasteiger partial charge on any atom is -0.298 e. The fourth-order valence-corrected chi connectivity index (χ4v) is 5.15. The average Bonchev–Trinajstić information content (AvgIpc) is 3.09. The van der Waals surface area contributed by atoms with Crippen LogP contribution >= 0.6 is 22.7 Å². The van der Waals surface area contributed by atoms with E-state index in [1.54, 1.807) is 0 Å². The number of piperidine rings is 1. The highest BCUT2D eigenvalue weighted by molar-refractivity contribution is 7.11. The molecule has 0 aromatic carbocycles. The van der Waals surface area contributed by atoms with Gasteiger partial charge in [-0.05, 0) is 39.2 Å². The Bertz CT molecular complexity index is 615. The third-order valence-corrected chi connectivity index (χ3v) is 6.64. The van der Waals surface area contributed by atoms with Crippen LogP contribution in [0.3, 0.4) is 0 Å². The Balaban J connectivity index is 1.40. The van der Waals surface area contributed by atoms with Crippen molar-refractivity contribution in [2.24, 2.45) is 0 Å². The first-order valence-electron chi connectivity index (χ1n) is 7.87. The van der Waals surface area contributed by atoms with Crippen LogP contribution in [0.4, 0.5) is 0 Å². The van der Waals surface area contributed by atoms with Crippen molar-refractivity contribution in [1.29, 1.82) is 0 Å². The van der Waals surface area contributed by atoms with Crippen LogP contribution in [0, 0.1) is 6.92 Å². The van der Waals surface area contributed by atoms with Gasteiger partial charge in [-0.15, -0.1) is 22.7 Å². The molecule has 2 aromatic rings. The predicted molar refractivity (Wildman–Crippen MR) is 88.2 cm³/mol. The maximum atomic E-state index is 4.69. The molecular formula is C16H21N3S2. The van der Waals surface area contributed by atoms with Crippen molar-refractivity contribution in [2.45, 2.75) is 51.0 Å². The molecular weight excluding hydrogens is 298 g/mol. The van der Waals surface area contributed by atoms with Crippen molar-refractivity contribution in [1.82, 2.24) is 14.9 Å². The van der Waals surface area contributed by atoms with Crippen LogP contribution < -0.4 is 0 Å². The fourth-order valence-electron chi connectivity index (χ4n) is 3.10. The SMILES string of the molecule is Cc1csc(C2CCCN(Cc3cnc(C4CC4)s3)C2)n1. The van der Waals surface area contributed by atoms with E-state index in [1.165, 1.54) is 52.8 Å². The first-order valence-corrected chi connectivity index (χ1v) is 9.56. The van der Waals surface area contributed by atoms with Crippen LogP contribution in [0.15, 0.2) is 11.6 Å². The Kier molecular flexibility index (Phi) is 3.81. The summed E-state index contributed by atoms with van der Waals surface area (Å²) in [5.41, 5.74) is 1.17. The Morgan fingerprint density at radius 3 is 2.90 bits per heavy atom. The van der Waals surface area contributed by atoms with Crippen LogP contribution in [-0.2, 0) is 6.54 Å². The molecule has 1 unspecified atom stereocenters. The number of hydrogen-bond donors (Lipinski definition) is 0. The molecule has 0 amide bonds. The van der Waals surface area contributed by atoms with Crippen molar-refractivity contribution < 1.29 is 0 Å². The third-order valence-electron chi connectivity index (χ3n) is 4.37. The second kappa shape index (κ2) is 5.78. The molecule has 21 heavy (non-hydrogen) atoms. The van der Waals surface area contributed by atoms with Crippen LogP contribution in [0.2, 0.25) is 0 Å². The molecule has 2 aliphatic rings. The largest absolute Gasteiger partial charge is 0.298 e. The molecule has 0 spiro atoms. The molecule has 1 saturated heterocycles. The maximum absolute atomic E-state index is 4.69. The van der Waals surface area contributed by atoms with Gasteiger partial charge in [-0.1, -0.05) is 0 Å². The molecule has 4 rings (SSSR count). The van der Waals surface area contributed by atoms with Crippen LogP contribution in [0.1, 0.15) is 58.1 Å². The van der Waals surface area contributed by atoms with Crippen molar-refractivity contribution >= 4 is 22.7 Å². The van der Waals surface area contributed by atoms with Gasteiger partial charge in [0.05, 0.1) is 10.0 Å². The number of likely N-dealkylation sites (tertiary alicyclic amines) is 1. The number of aryl methyl sites for hydroxylation is 1. The summed E-state index contributed by atoms with van der Waals surface area (Å²) in [6, 6.07) is 0. The molecule has 3 heterocycles. The summed E-state index contributed by atoms with van der Waals surface area (Å²) in [5, 5.41) is 4.88. The lowest BCUT2D eigenvalue weighted by Crippen LogP contribution is -2.33. The second-order valence-corrected chi connectivity index (χ2v) is 8.38. The summed E-state index contributed by atoms with van der Waals surface area (Å²) in [5.74, 6) is 1.42. The normalized spacial score (nSPS) is 23.6. The zero-order valence-electron chi connectivity index (χ0n) is 12.4. The van der Waals surface area contributed by atoms with E-state index < -0.39 is 0 Å². The molecule has 0 bridgehead atoms. The number of aromatic nitrogens is 2. The zero-order chi connectivity index (χ0) is 14.2. The van der Waals surface area contributed by atoms with Gasteiger partial charge in [-0.25, -0.2) is 9.97 Å². The average molecular weight is 319 g/mol. The Morgan fingerprint density at radius 2 is 2.14 bits per heavy atom. The number of rotatable bonds is 4. The quantitative estimate of drug-likeness (QED) is 0.847. The van der Waals surface area contributed by atoms with E-state index in [-0.39, 0.29) is 0 Å². The highest BCUT2D eigenvalue weighted by Crippen LogP contribution is 2.42. The van der Waals surface area contributed by atoms with E-state index in [2.05, 4.69) is 28.4 Å². The van der Waals surface area contributed by atoms with Crippen molar-refractivity contribution in [3.8, 4) is 0 Å². The van der Waals surface area contributed by atoms with E-state index in [9.17, 15) is 0 Å². The molecule has 1 aliphatic carbocycles. The summed E-state index contributed by atoms with van der Waals surface area (Å²) in [6.07, 6.45) is 7.39. The van der Waals surface area contributed by atoms with Gasteiger partial charge in [0.2, 0.25) is 0 Å². The van der Waals surface area contributed by atoms with Gasteiger partial charge in [0, 0.05) is 47.1 Å². The van der Waals surface area contributed by atoms with Crippen molar-refractivity contribution in [3.05, 3.63) is 32.2 Å². The van der Waals surface area contributed by atoms with E-state index in [0.717, 1.165) is 19.0 Å². The van der Waals surface area contributed by atoms with Gasteiger partial charge < -0.3 is 0 Å². The monoisotopic (exact) mass is 319 g/mol. The van der Waals surface area contributed by atoms with Crippen LogP contribution in [0.5, 0.6) is 0 Å². The Labute approximate surface area is 134 Å². The van der Waals surface area contributed by atoms with Gasteiger partial charge in [-0.2, -0.15) is 0 Å². The number of hydrogen-bond acceptors (Lipinski definition) is 5. The molecule has 3 nitrogen and oxygen atoms in total. The zero-order valence-corrected chi connectivity index (χ0v) is 14.1. The molecule has 1 atom stereocenters. The summed E-state index contributed by atoms with van der Waals surface area (Å²) in [7, 11) is 0. The molecule has 1 aliphatic heterocycles. The molecule has 2 fully saturated rings. The molecule has 1 saturated carbocycles. The van der Waals surface area contributed by atoms with Gasteiger partial charge in [-0.3, -0.25) is 4.90 Å². The first-order chi connectivity index (χ1) is 10.3. The van der Waals surface area contributed by atoms with Crippen molar-refractivity contribution in [3.63, 3.8) is 0 Å². The summed E-state index contributed by atoms with van der Waals surface area (Å²) in [4.78, 5) is 13.3. The van der Waals surface area contributed by atoms with Crippen molar-refractivity contribution in [2.75, 3.05) is 13.1 Å². The second-order valence-electron chi connectivity index (χ2n) is 6.34. The lowest BCUT2D eigenvalue weighted by atomic mass is 9.99. The summed E-state index contributed by atoms with van der Waals surface area (Å²) in [6.45, 7) is 5.55. The number of thiazole rings is 2. The fraction of sp³-hybridized carbons (Fsp3) is 0.625. The lowest BCUT2D eigenvalue weighted by molar-refractivity contribution is 0.201. The van der Waals surface area contributed by atoms with Gasteiger partial charge in [0.15, 0.2) is 0 Å². The van der Waals surface area contributed by atoms with E-state index in [0.29, 0.717) is 5.92 Å². The minimum absolute atomic E-state index is 0.633. The Morgan fingerprint density at radius 1 is 1.24 bits per heavy atom. The summed E-state index contributed by atoms with van der Waals surface area (Å²) < 4.78 is 0. The molecule has 5 heteroatoms. The standard InChI is InChI=1S/C16H21N3S2/c1-11-10-20-16(18-11)13-3-2-6-19(8-13)9-14-7-17-15(21-14)12-4-5-12/h7,10,12-13H,2-6,8-9H2,1H3. The highest BCUT2D eigenvalue weighted by Gasteiger charge is 2.28. The smallest absolute Gasteiger partial charge is 0.0971 e. The van der Waals surface area contributed by atoms with Crippen LogP contribution in [0.25, 0.3) is 0 Å². The summed E-state index contributed by atoms with van der Waals surface area (Å²) >= 11 is 3.77. The first kappa shape index (κ1) is 13.9. The van der Waals surface area contributed by atoms with Gasteiger partial charge in [0.25, 0.3) is 0 Å². The Hall–Kier alpha value is -0.780. The van der Waals surface area contributed by atoms with E-state index in [4.69, 9.17) is 4.98 Å².